The molecule has 0 aromatic carbocycles. The van der Waals surface area contributed by atoms with E-state index in [4.69, 9.17) is 9.05 Å². The first-order chi connectivity index (χ1) is 24.0. The number of quaternary nitrogens is 1. The molecule has 2 N–H and O–H groups in total. The monoisotopic (exact) mass is 731 g/mol. The fourth-order valence-corrected chi connectivity index (χ4v) is 6.81. The van der Waals surface area contributed by atoms with E-state index in [1.807, 2.05) is 21.1 Å². The quantitative estimate of drug-likeness (QED) is 0.0283. The van der Waals surface area contributed by atoms with E-state index in [0.717, 1.165) is 44.9 Å². The topological polar surface area (TPSA) is 108 Å². The number of amides is 1. The predicted molar refractivity (Wildman–Crippen MR) is 210 cm³/mol. The summed E-state index contributed by atoms with van der Waals surface area (Å²) in [5.74, 6) is -0.175. The van der Waals surface area contributed by atoms with Crippen molar-refractivity contribution in [2.24, 2.45) is 0 Å². The first-order valence-electron chi connectivity index (χ1n) is 21.0. The third-order valence-corrected chi connectivity index (χ3v) is 10.5. The minimum absolute atomic E-state index is 0.00915. The van der Waals surface area contributed by atoms with Gasteiger partial charge in [0, 0.05) is 6.42 Å². The Morgan fingerprint density at radius 1 is 0.680 bits per heavy atom. The Kier molecular flexibility index (Phi) is 33.5. The first kappa shape index (κ1) is 49.2. The molecule has 298 valence electrons. The zero-order valence-electron chi connectivity index (χ0n) is 33.6. The summed E-state index contributed by atoms with van der Waals surface area (Å²) < 4.78 is 23.1. The van der Waals surface area contributed by atoms with Crippen LogP contribution in [0.1, 0.15) is 194 Å². The van der Waals surface area contributed by atoms with E-state index < -0.39 is 20.0 Å². The third kappa shape index (κ3) is 35.6. The largest absolute Gasteiger partial charge is 0.756 e. The lowest BCUT2D eigenvalue weighted by Gasteiger charge is -2.30. The van der Waals surface area contributed by atoms with Crippen LogP contribution in [0.25, 0.3) is 0 Å². The van der Waals surface area contributed by atoms with Crippen molar-refractivity contribution in [2.75, 3.05) is 40.9 Å². The van der Waals surface area contributed by atoms with Crippen LogP contribution in [0.5, 0.6) is 0 Å². The van der Waals surface area contributed by atoms with Gasteiger partial charge < -0.3 is 28.8 Å². The van der Waals surface area contributed by atoms with Gasteiger partial charge >= 0.3 is 0 Å². The summed E-state index contributed by atoms with van der Waals surface area (Å²) in [6.45, 7) is 4.66. The second-order valence-electron chi connectivity index (χ2n) is 15.7. The molecule has 0 saturated carbocycles. The fourth-order valence-electron chi connectivity index (χ4n) is 6.09. The van der Waals surface area contributed by atoms with Crippen LogP contribution in [0.3, 0.4) is 0 Å². The van der Waals surface area contributed by atoms with Crippen LogP contribution in [0.15, 0.2) is 12.2 Å². The molecule has 0 aliphatic heterocycles. The van der Waals surface area contributed by atoms with Crippen molar-refractivity contribution in [3.8, 4) is 0 Å². The van der Waals surface area contributed by atoms with Crippen molar-refractivity contribution in [2.45, 2.75) is 206 Å². The molecule has 0 heterocycles. The van der Waals surface area contributed by atoms with Crippen molar-refractivity contribution < 1.29 is 32.9 Å². The van der Waals surface area contributed by atoms with Crippen molar-refractivity contribution in [1.82, 2.24) is 5.32 Å². The summed E-state index contributed by atoms with van der Waals surface area (Å²) in [6, 6.07) is -0.809. The highest BCUT2D eigenvalue weighted by Gasteiger charge is 2.24. The first-order valence-corrected chi connectivity index (χ1v) is 22.5. The minimum Gasteiger partial charge on any atom is -0.756 e. The summed E-state index contributed by atoms with van der Waals surface area (Å²) in [6.07, 6.45) is 36.6. The Balaban J connectivity index is 4.26. The number of rotatable bonds is 38. The van der Waals surface area contributed by atoms with E-state index in [0.29, 0.717) is 23.9 Å². The second-order valence-corrected chi connectivity index (χ2v) is 17.1. The normalized spacial score (nSPS) is 14.6. The average molecular weight is 731 g/mol. The third-order valence-electron chi connectivity index (χ3n) is 9.50. The van der Waals surface area contributed by atoms with Gasteiger partial charge in [0.25, 0.3) is 7.82 Å². The molecule has 3 atom stereocenters. The molecule has 0 aromatic rings. The van der Waals surface area contributed by atoms with E-state index in [1.54, 1.807) is 0 Å². The van der Waals surface area contributed by atoms with Gasteiger partial charge in [0.05, 0.1) is 39.9 Å². The number of aliphatic hydroxyl groups is 1. The van der Waals surface area contributed by atoms with E-state index in [2.05, 4.69) is 31.3 Å². The number of aliphatic hydroxyl groups excluding tert-OH is 1. The number of phosphoric ester groups is 1. The Morgan fingerprint density at radius 3 is 1.56 bits per heavy atom. The van der Waals surface area contributed by atoms with Gasteiger partial charge in [-0.05, 0) is 38.5 Å². The zero-order valence-corrected chi connectivity index (χ0v) is 34.5. The molecule has 0 spiro atoms. The van der Waals surface area contributed by atoms with Gasteiger partial charge in [-0.2, -0.15) is 0 Å². The molecule has 1 amide bonds. The van der Waals surface area contributed by atoms with Crippen LogP contribution in [0.4, 0.5) is 0 Å². The van der Waals surface area contributed by atoms with Crippen molar-refractivity contribution in [3.05, 3.63) is 12.2 Å². The molecule has 0 aliphatic carbocycles. The Labute approximate surface area is 310 Å². The summed E-state index contributed by atoms with van der Waals surface area (Å²) in [5, 5.41) is 13.8. The lowest BCUT2D eigenvalue weighted by Crippen LogP contribution is -2.46. The van der Waals surface area contributed by atoms with Crippen LogP contribution in [-0.2, 0) is 18.4 Å². The Morgan fingerprint density at radius 2 is 1.10 bits per heavy atom. The number of nitrogens with zero attached hydrogens (tertiary/aromatic N) is 1. The van der Waals surface area contributed by atoms with Gasteiger partial charge in [0.1, 0.15) is 13.2 Å². The maximum Gasteiger partial charge on any atom is 0.268 e. The highest BCUT2D eigenvalue weighted by atomic mass is 31.2. The van der Waals surface area contributed by atoms with Gasteiger partial charge in [0.2, 0.25) is 5.91 Å². The summed E-state index contributed by atoms with van der Waals surface area (Å²) in [5.41, 5.74) is 0. The van der Waals surface area contributed by atoms with Crippen LogP contribution in [0.2, 0.25) is 0 Å². The molecule has 0 saturated heterocycles. The fraction of sp³-hybridized carbons (Fsp3) is 0.927. The predicted octanol–water partition coefficient (Wildman–Crippen LogP) is 10.6. The van der Waals surface area contributed by atoms with E-state index in [9.17, 15) is 19.4 Å². The van der Waals surface area contributed by atoms with Crippen LogP contribution < -0.4 is 10.2 Å². The highest BCUT2D eigenvalue weighted by Crippen LogP contribution is 2.38. The number of likely N-dealkylation sites (N-methyl/N-ethyl adjacent to an activating group) is 1. The van der Waals surface area contributed by atoms with Crippen molar-refractivity contribution in [3.63, 3.8) is 0 Å². The van der Waals surface area contributed by atoms with E-state index in [-0.39, 0.29) is 19.1 Å². The van der Waals surface area contributed by atoms with Crippen LogP contribution in [-0.4, -0.2) is 68.5 Å². The van der Waals surface area contributed by atoms with Crippen molar-refractivity contribution in [1.29, 1.82) is 0 Å². The smallest absolute Gasteiger partial charge is 0.268 e. The van der Waals surface area contributed by atoms with Gasteiger partial charge in [-0.25, -0.2) is 0 Å². The number of carbonyl (C=O) groups excluding carboxylic acids is 1. The average Bonchev–Trinajstić information content (AvgIpc) is 3.06. The zero-order chi connectivity index (χ0) is 37.2. The number of nitrogens with one attached hydrogen (secondary N) is 1. The molecular formula is C41H83N2O6P. The lowest BCUT2D eigenvalue weighted by atomic mass is 10.0. The van der Waals surface area contributed by atoms with Crippen molar-refractivity contribution >= 4 is 13.7 Å². The molecular weight excluding hydrogens is 647 g/mol. The maximum absolute atomic E-state index is 12.8. The molecule has 50 heavy (non-hydrogen) atoms. The van der Waals surface area contributed by atoms with Crippen LogP contribution >= 0.6 is 7.82 Å². The SMILES string of the molecule is CCCCC/C=C/CCCC[C@@H](O)[C@H](COP(=O)([O-])OCC[N+](C)(C)C)NC(=O)CCCCCCCCCCCCCCCCCCCCC. The summed E-state index contributed by atoms with van der Waals surface area (Å²) >= 11 is 0. The number of unbranched alkanes of at least 4 members (excludes halogenated alkanes) is 23. The Hall–Kier alpha value is -0.760. The number of hydrogen-bond donors (Lipinski definition) is 2. The lowest BCUT2D eigenvalue weighted by molar-refractivity contribution is -0.870. The molecule has 0 rings (SSSR count). The summed E-state index contributed by atoms with van der Waals surface area (Å²) in [7, 11) is 1.29. The number of phosphoric acid groups is 1. The molecule has 1 unspecified atom stereocenters. The molecule has 0 fully saturated rings. The molecule has 8 nitrogen and oxygen atoms in total. The van der Waals surface area contributed by atoms with E-state index in [1.165, 1.54) is 122 Å². The van der Waals surface area contributed by atoms with Gasteiger partial charge in [-0.1, -0.05) is 161 Å². The summed E-state index contributed by atoms with van der Waals surface area (Å²) in [4.78, 5) is 25.2. The van der Waals surface area contributed by atoms with Crippen LogP contribution in [0, 0.1) is 0 Å². The molecule has 9 heteroatoms. The molecule has 0 bridgehead atoms. The second kappa shape index (κ2) is 34.0. The number of allylic oxidation sites excluding steroid dienone is 2. The van der Waals surface area contributed by atoms with Gasteiger partial charge in [-0.15, -0.1) is 0 Å². The molecule has 0 aromatic heterocycles. The van der Waals surface area contributed by atoms with Gasteiger partial charge in [-0.3, -0.25) is 9.36 Å². The minimum atomic E-state index is -4.56. The number of hydrogen-bond acceptors (Lipinski definition) is 6. The molecule has 0 radical (unpaired) electrons. The number of carbonyl (C=O) groups is 1. The van der Waals surface area contributed by atoms with E-state index >= 15 is 0 Å². The molecule has 0 aliphatic rings. The highest BCUT2D eigenvalue weighted by molar-refractivity contribution is 7.45. The Bertz CT molecular complexity index is 834. The standard InChI is InChI=1S/C41H83N2O6P/c1-6-8-10-12-14-16-17-18-19-20-21-22-23-24-25-27-29-31-33-35-41(45)42-39(38-49-50(46,47)48-37-36-43(3,4)5)40(44)34-32-30-28-26-15-13-11-9-7-2/h15,26,39-40,44H,6-14,16-25,27-38H2,1-5H3,(H-,42,45,46,47)/b26-15+/t39-,40+/m0/s1. The maximum atomic E-state index is 12.8. The van der Waals surface area contributed by atoms with Gasteiger partial charge in [0.15, 0.2) is 0 Å².